The fourth-order valence-corrected chi connectivity index (χ4v) is 1.86. The van der Waals surface area contributed by atoms with Crippen molar-refractivity contribution in [1.82, 2.24) is 5.32 Å². The molecule has 1 heterocycles. The van der Waals surface area contributed by atoms with E-state index in [-0.39, 0.29) is 12.5 Å². The Morgan fingerprint density at radius 3 is 2.79 bits per heavy atom. The van der Waals surface area contributed by atoms with Crippen molar-refractivity contribution in [3.05, 3.63) is 42.0 Å². The number of aliphatic hydroxyl groups is 1. The van der Waals surface area contributed by atoms with Crippen LogP contribution in [0.5, 0.6) is 0 Å². The molecule has 0 aliphatic carbocycles. The smallest absolute Gasteiger partial charge is 0.0512 e. The predicted molar refractivity (Wildman–Crippen MR) is 57.9 cm³/mol. The molecule has 74 valence electrons. The van der Waals surface area contributed by atoms with Crippen LogP contribution >= 0.6 is 0 Å². The van der Waals surface area contributed by atoms with Crippen molar-refractivity contribution in [2.45, 2.75) is 0 Å². The third-order valence-electron chi connectivity index (χ3n) is 2.62. The van der Waals surface area contributed by atoms with Gasteiger partial charge in [0.15, 0.2) is 0 Å². The van der Waals surface area contributed by atoms with Crippen molar-refractivity contribution in [2.75, 3.05) is 19.7 Å². The summed E-state index contributed by atoms with van der Waals surface area (Å²) in [4.78, 5) is 0. The molecule has 0 fully saturated rings. The first-order valence-electron chi connectivity index (χ1n) is 4.99. The Morgan fingerprint density at radius 1 is 1.29 bits per heavy atom. The number of benzene rings is 1. The number of hydrogen-bond acceptors (Lipinski definition) is 2. The van der Waals surface area contributed by atoms with E-state index in [1.54, 1.807) is 0 Å². The Kier molecular flexibility index (Phi) is 2.96. The summed E-state index contributed by atoms with van der Waals surface area (Å²) in [6, 6.07) is 10.3. The largest absolute Gasteiger partial charge is 0.396 e. The molecule has 1 aromatic carbocycles. The van der Waals surface area contributed by atoms with Gasteiger partial charge in [0.2, 0.25) is 0 Å². The van der Waals surface area contributed by atoms with Gasteiger partial charge in [0.25, 0.3) is 0 Å². The topological polar surface area (TPSA) is 32.3 Å². The molecule has 0 aromatic heterocycles. The molecule has 2 rings (SSSR count). The zero-order chi connectivity index (χ0) is 9.80. The highest BCUT2D eigenvalue weighted by Gasteiger charge is 2.17. The van der Waals surface area contributed by atoms with Crippen LogP contribution < -0.4 is 5.32 Å². The molecule has 0 saturated carbocycles. The highest BCUT2D eigenvalue weighted by atomic mass is 16.3. The minimum Gasteiger partial charge on any atom is -0.396 e. The quantitative estimate of drug-likeness (QED) is 0.734. The van der Waals surface area contributed by atoms with E-state index >= 15 is 0 Å². The Morgan fingerprint density at radius 2 is 2.07 bits per heavy atom. The molecule has 2 N–H and O–H groups in total. The molecule has 0 saturated heterocycles. The first-order chi connectivity index (χ1) is 6.92. The van der Waals surface area contributed by atoms with Gasteiger partial charge in [-0.05, 0) is 11.1 Å². The molecule has 14 heavy (non-hydrogen) atoms. The van der Waals surface area contributed by atoms with Gasteiger partial charge in [-0.15, -0.1) is 0 Å². The van der Waals surface area contributed by atoms with Crippen LogP contribution in [-0.4, -0.2) is 24.8 Å². The van der Waals surface area contributed by atoms with E-state index in [1.165, 1.54) is 11.1 Å². The second-order valence-electron chi connectivity index (χ2n) is 3.56. The van der Waals surface area contributed by atoms with Crippen LogP contribution in [0.15, 0.2) is 36.4 Å². The Balaban J connectivity index is 2.28. The normalized spacial score (nSPS) is 21.8. The SMILES string of the molecule is OCC1CNCC=C1c1ccccc1. The number of hydrogen-bond donors (Lipinski definition) is 2. The van der Waals surface area contributed by atoms with Crippen molar-refractivity contribution in [1.29, 1.82) is 0 Å². The zero-order valence-corrected chi connectivity index (χ0v) is 8.11. The third kappa shape index (κ3) is 1.86. The summed E-state index contributed by atoms with van der Waals surface area (Å²) in [7, 11) is 0. The summed E-state index contributed by atoms with van der Waals surface area (Å²) < 4.78 is 0. The van der Waals surface area contributed by atoms with E-state index in [4.69, 9.17) is 0 Å². The Hall–Kier alpha value is -1.12. The lowest BCUT2D eigenvalue weighted by Gasteiger charge is -2.23. The minimum absolute atomic E-state index is 0.216. The molecule has 1 atom stereocenters. The first-order valence-corrected chi connectivity index (χ1v) is 4.99. The first kappa shape index (κ1) is 9.44. The van der Waals surface area contributed by atoms with Crippen LogP contribution in [0.2, 0.25) is 0 Å². The summed E-state index contributed by atoms with van der Waals surface area (Å²) >= 11 is 0. The molecule has 0 radical (unpaired) electrons. The van der Waals surface area contributed by atoms with Gasteiger partial charge >= 0.3 is 0 Å². The van der Waals surface area contributed by atoms with E-state index < -0.39 is 0 Å². The van der Waals surface area contributed by atoms with E-state index in [1.807, 2.05) is 18.2 Å². The molecule has 0 spiro atoms. The molecule has 1 unspecified atom stereocenters. The molecule has 0 bridgehead atoms. The van der Waals surface area contributed by atoms with Gasteiger partial charge < -0.3 is 10.4 Å². The number of nitrogens with one attached hydrogen (secondary N) is 1. The Labute approximate surface area is 84.3 Å². The highest BCUT2D eigenvalue weighted by molar-refractivity contribution is 5.68. The van der Waals surface area contributed by atoms with Crippen LogP contribution in [-0.2, 0) is 0 Å². The maximum absolute atomic E-state index is 9.24. The molecule has 2 nitrogen and oxygen atoms in total. The van der Waals surface area contributed by atoms with Gasteiger partial charge in [0, 0.05) is 19.0 Å². The van der Waals surface area contributed by atoms with Crippen molar-refractivity contribution in [2.24, 2.45) is 5.92 Å². The summed E-state index contributed by atoms with van der Waals surface area (Å²) in [5.41, 5.74) is 2.50. The summed E-state index contributed by atoms with van der Waals surface area (Å²) in [5, 5.41) is 12.5. The van der Waals surface area contributed by atoms with Gasteiger partial charge in [0.1, 0.15) is 0 Å². The lowest BCUT2D eigenvalue weighted by molar-refractivity contribution is 0.252. The summed E-state index contributed by atoms with van der Waals surface area (Å²) in [5.74, 6) is 0.242. The fraction of sp³-hybridized carbons (Fsp3) is 0.333. The van der Waals surface area contributed by atoms with Crippen LogP contribution in [0.4, 0.5) is 0 Å². The monoisotopic (exact) mass is 189 g/mol. The molecular formula is C12H15NO. The maximum Gasteiger partial charge on any atom is 0.0512 e. The molecular weight excluding hydrogens is 174 g/mol. The van der Waals surface area contributed by atoms with E-state index in [0.717, 1.165) is 13.1 Å². The Bertz CT molecular complexity index is 318. The van der Waals surface area contributed by atoms with E-state index in [9.17, 15) is 5.11 Å². The molecule has 1 aromatic rings. The minimum atomic E-state index is 0.216. The van der Waals surface area contributed by atoms with Crippen LogP contribution in [0.25, 0.3) is 5.57 Å². The number of aliphatic hydroxyl groups excluding tert-OH is 1. The van der Waals surface area contributed by atoms with Crippen molar-refractivity contribution < 1.29 is 5.11 Å². The van der Waals surface area contributed by atoms with Gasteiger partial charge in [0.05, 0.1) is 6.61 Å². The second-order valence-corrected chi connectivity index (χ2v) is 3.56. The average Bonchev–Trinajstić information content (AvgIpc) is 2.30. The molecule has 0 amide bonds. The maximum atomic E-state index is 9.24. The van der Waals surface area contributed by atoms with Crippen LogP contribution in [0.3, 0.4) is 0 Å². The van der Waals surface area contributed by atoms with Crippen LogP contribution in [0, 0.1) is 5.92 Å². The van der Waals surface area contributed by atoms with Gasteiger partial charge in [-0.25, -0.2) is 0 Å². The standard InChI is InChI=1S/C12H15NO/c14-9-11-8-13-7-6-12(11)10-4-2-1-3-5-10/h1-6,11,13-14H,7-9H2. The summed E-state index contributed by atoms with van der Waals surface area (Å²) in [6.07, 6.45) is 2.17. The zero-order valence-electron chi connectivity index (χ0n) is 8.11. The molecule has 1 aliphatic rings. The lowest BCUT2D eigenvalue weighted by atomic mass is 9.90. The number of rotatable bonds is 2. The van der Waals surface area contributed by atoms with E-state index in [0.29, 0.717) is 0 Å². The van der Waals surface area contributed by atoms with Gasteiger partial charge in [-0.2, -0.15) is 0 Å². The van der Waals surface area contributed by atoms with Crippen molar-refractivity contribution >= 4 is 5.57 Å². The van der Waals surface area contributed by atoms with Crippen molar-refractivity contribution in [3.63, 3.8) is 0 Å². The summed E-state index contributed by atoms with van der Waals surface area (Å²) in [6.45, 7) is 1.99. The van der Waals surface area contributed by atoms with E-state index in [2.05, 4.69) is 23.5 Å². The lowest BCUT2D eigenvalue weighted by Crippen LogP contribution is -2.30. The van der Waals surface area contributed by atoms with Crippen molar-refractivity contribution in [3.8, 4) is 0 Å². The average molecular weight is 189 g/mol. The third-order valence-corrected chi connectivity index (χ3v) is 2.62. The van der Waals surface area contributed by atoms with Gasteiger partial charge in [-0.1, -0.05) is 36.4 Å². The predicted octanol–water partition coefficient (Wildman–Crippen LogP) is 1.28. The molecule has 2 heteroatoms. The van der Waals surface area contributed by atoms with Gasteiger partial charge in [-0.3, -0.25) is 0 Å². The molecule has 1 aliphatic heterocycles. The second kappa shape index (κ2) is 4.40. The highest BCUT2D eigenvalue weighted by Crippen LogP contribution is 2.24. The van der Waals surface area contributed by atoms with Crippen LogP contribution in [0.1, 0.15) is 5.56 Å². The fourth-order valence-electron chi connectivity index (χ4n) is 1.86.